The van der Waals surface area contributed by atoms with Crippen LogP contribution in [-0.2, 0) is 0 Å². The zero-order chi connectivity index (χ0) is 19.3. The van der Waals surface area contributed by atoms with Gasteiger partial charge in [0.2, 0.25) is 5.13 Å². The summed E-state index contributed by atoms with van der Waals surface area (Å²) >= 11 is 3.66. The molecule has 0 saturated carbocycles. The molecule has 1 heterocycles. The minimum Gasteiger partial charge on any atom is -0.423 e. The summed E-state index contributed by atoms with van der Waals surface area (Å²) in [4.78, 5) is 16.8. The van der Waals surface area contributed by atoms with Crippen LogP contribution in [0.4, 0.5) is 5.13 Å². The minimum atomic E-state index is -0.383. The van der Waals surface area contributed by atoms with Crippen LogP contribution in [0.5, 0.6) is 5.75 Å². The van der Waals surface area contributed by atoms with Gasteiger partial charge in [-0.2, -0.15) is 5.10 Å². The lowest BCUT2D eigenvalue weighted by molar-refractivity contribution is 0.0733. The Labute approximate surface area is 179 Å². The quantitative estimate of drug-likeness (QED) is 0.128. The van der Waals surface area contributed by atoms with E-state index in [4.69, 9.17) is 4.74 Å². The highest BCUT2D eigenvalue weighted by atomic mass is 127. The van der Waals surface area contributed by atoms with Gasteiger partial charge < -0.3 is 4.74 Å². The Morgan fingerprint density at radius 1 is 1.07 bits per heavy atom. The topological polar surface area (TPSA) is 63.6 Å². The fraction of sp³-hybridized carbons (Fsp3) is 0. The Bertz CT molecular complexity index is 1140. The van der Waals surface area contributed by atoms with Crippen molar-refractivity contribution in [3.8, 4) is 5.75 Å². The molecular weight excluding hydrogens is 485 g/mol. The predicted octanol–water partition coefficient (Wildman–Crippen LogP) is 5.57. The number of carbonyl (C=O) groups is 1. The van der Waals surface area contributed by atoms with E-state index >= 15 is 0 Å². The van der Waals surface area contributed by atoms with Gasteiger partial charge in [0, 0.05) is 3.57 Å². The van der Waals surface area contributed by atoms with Crippen LogP contribution in [-0.4, -0.2) is 17.2 Å². The van der Waals surface area contributed by atoms with Crippen molar-refractivity contribution in [1.29, 1.82) is 0 Å². The van der Waals surface area contributed by atoms with E-state index < -0.39 is 0 Å². The molecular formula is C21H14IN3O2S. The van der Waals surface area contributed by atoms with Crippen molar-refractivity contribution in [2.24, 2.45) is 5.10 Å². The number of hydrogen-bond acceptors (Lipinski definition) is 6. The van der Waals surface area contributed by atoms with E-state index in [1.54, 1.807) is 24.4 Å². The molecule has 3 aromatic carbocycles. The Hall–Kier alpha value is -2.78. The zero-order valence-electron chi connectivity index (χ0n) is 14.5. The number of thiazole rings is 1. The summed E-state index contributed by atoms with van der Waals surface area (Å²) in [6, 6.07) is 22.4. The molecule has 0 spiro atoms. The summed E-state index contributed by atoms with van der Waals surface area (Å²) in [6.45, 7) is 0. The van der Waals surface area contributed by atoms with Gasteiger partial charge in [-0.05, 0) is 64.6 Å². The van der Waals surface area contributed by atoms with E-state index in [9.17, 15) is 4.79 Å². The summed E-state index contributed by atoms with van der Waals surface area (Å²) in [6.07, 6.45) is 1.66. The molecule has 138 valence electrons. The number of nitrogens with zero attached hydrogens (tertiary/aromatic N) is 2. The number of para-hydroxylation sites is 1. The second-order valence-corrected chi connectivity index (χ2v) is 7.99. The van der Waals surface area contributed by atoms with Crippen LogP contribution in [0, 0.1) is 3.57 Å². The molecule has 0 amide bonds. The van der Waals surface area contributed by atoms with Crippen molar-refractivity contribution < 1.29 is 9.53 Å². The Morgan fingerprint density at radius 3 is 2.75 bits per heavy atom. The van der Waals surface area contributed by atoms with Crippen LogP contribution < -0.4 is 10.2 Å². The molecule has 0 radical (unpaired) electrons. The number of hydrogen-bond donors (Lipinski definition) is 1. The molecule has 0 bridgehead atoms. The lowest BCUT2D eigenvalue weighted by Crippen LogP contribution is -2.10. The summed E-state index contributed by atoms with van der Waals surface area (Å²) in [5.74, 6) is 0.0836. The Balaban J connectivity index is 1.44. The highest BCUT2D eigenvalue weighted by Crippen LogP contribution is 2.25. The molecule has 4 aromatic rings. The minimum absolute atomic E-state index is 0.383. The normalized spacial score (nSPS) is 11.0. The van der Waals surface area contributed by atoms with E-state index in [2.05, 4.69) is 38.1 Å². The number of nitrogens with one attached hydrogen (secondary N) is 1. The first-order valence-electron chi connectivity index (χ1n) is 8.40. The molecule has 7 heteroatoms. The Kier molecular flexibility index (Phi) is 5.63. The molecule has 0 atom stereocenters. The first-order valence-corrected chi connectivity index (χ1v) is 10.3. The SMILES string of the molecule is O=C(Oc1cccc(C=NNc2nc3ccccc3s2)c1)c1ccccc1I. The molecule has 0 aliphatic rings. The van der Waals surface area contributed by atoms with Crippen LogP contribution >= 0.6 is 33.9 Å². The number of anilines is 1. The zero-order valence-corrected chi connectivity index (χ0v) is 17.5. The van der Waals surface area contributed by atoms with Crippen molar-refractivity contribution in [3.05, 3.63) is 87.5 Å². The number of rotatable bonds is 5. The van der Waals surface area contributed by atoms with Crippen LogP contribution in [0.3, 0.4) is 0 Å². The molecule has 28 heavy (non-hydrogen) atoms. The van der Waals surface area contributed by atoms with Crippen LogP contribution in [0.15, 0.2) is 77.9 Å². The standard InChI is InChI=1S/C21H14IN3O2S/c22-17-9-2-1-8-16(17)20(26)27-15-7-5-6-14(12-15)13-23-25-21-24-18-10-3-4-11-19(18)28-21/h1-13H,(H,24,25). The predicted molar refractivity (Wildman–Crippen MR) is 121 cm³/mol. The molecule has 1 aromatic heterocycles. The maximum atomic E-state index is 12.4. The number of halogens is 1. The van der Waals surface area contributed by atoms with Gasteiger partial charge in [-0.25, -0.2) is 9.78 Å². The van der Waals surface area contributed by atoms with Gasteiger partial charge in [-0.1, -0.05) is 47.7 Å². The Morgan fingerprint density at radius 2 is 1.89 bits per heavy atom. The van der Waals surface area contributed by atoms with E-state index in [1.807, 2.05) is 54.6 Å². The van der Waals surface area contributed by atoms with Gasteiger partial charge in [0.15, 0.2) is 0 Å². The number of fused-ring (bicyclic) bond motifs is 1. The van der Waals surface area contributed by atoms with E-state index in [1.165, 1.54) is 11.3 Å². The molecule has 0 fully saturated rings. The summed E-state index contributed by atoms with van der Waals surface area (Å²) < 4.78 is 7.44. The first-order chi connectivity index (χ1) is 13.7. The maximum Gasteiger partial charge on any atom is 0.344 e. The van der Waals surface area contributed by atoms with E-state index in [-0.39, 0.29) is 5.97 Å². The maximum absolute atomic E-state index is 12.4. The largest absolute Gasteiger partial charge is 0.423 e. The average Bonchev–Trinajstić information content (AvgIpc) is 3.11. The number of esters is 1. The van der Waals surface area contributed by atoms with Gasteiger partial charge in [0.25, 0.3) is 0 Å². The van der Waals surface area contributed by atoms with Crippen molar-refractivity contribution >= 4 is 61.5 Å². The van der Waals surface area contributed by atoms with E-state index in [0.29, 0.717) is 11.3 Å². The third-order valence-corrected chi connectivity index (χ3v) is 5.71. The van der Waals surface area contributed by atoms with Crippen molar-refractivity contribution in [3.63, 3.8) is 0 Å². The molecule has 1 N–H and O–H groups in total. The first kappa shape index (κ1) is 18.6. The molecule has 0 saturated heterocycles. The van der Waals surface area contributed by atoms with Crippen LogP contribution in [0.25, 0.3) is 10.2 Å². The molecule has 5 nitrogen and oxygen atoms in total. The molecule has 0 unspecified atom stereocenters. The monoisotopic (exact) mass is 499 g/mol. The second-order valence-electron chi connectivity index (χ2n) is 5.80. The molecule has 4 rings (SSSR count). The number of ether oxygens (including phenoxy) is 1. The average molecular weight is 499 g/mol. The third-order valence-electron chi connectivity index (χ3n) is 3.83. The van der Waals surface area contributed by atoms with Crippen LogP contribution in [0.1, 0.15) is 15.9 Å². The molecule has 0 aliphatic heterocycles. The fourth-order valence-electron chi connectivity index (χ4n) is 2.53. The highest BCUT2D eigenvalue weighted by molar-refractivity contribution is 14.1. The summed E-state index contributed by atoms with van der Waals surface area (Å²) in [5, 5.41) is 4.95. The number of aromatic nitrogens is 1. The lowest BCUT2D eigenvalue weighted by Gasteiger charge is -2.06. The van der Waals surface area contributed by atoms with Gasteiger partial charge >= 0.3 is 5.97 Å². The molecule has 0 aliphatic carbocycles. The van der Waals surface area contributed by atoms with Crippen LogP contribution in [0.2, 0.25) is 0 Å². The van der Waals surface area contributed by atoms with Crippen molar-refractivity contribution in [2.45, 2.75) is 0 Å². The van der Waals surface area contributed by atoms with Gasteiger partial charge in [-0.15, -0.1) is 0 Å². The van der Waals surface area contributed by atoms with Crippen molar-refractivity contribution in [2.75, 3.05) is 5.43 Å². The third kappa shape index (κ3) is 4.37. The summed E-state index contributed by atoms with van der Waals surface area (Å²) in [5.41, 5.74) is 5.23. The van der Waals surface area contributed by atoms with Gasteiger partial charge in [0.1, 0.15) is 5.75 Å². The lowest BCUT2D eigenvalue weighted by atomic mass is 10.2. The van der Waals surface area contributed by atoms with Crippen molar-refractivity contribution in [1.82, 2.24) is 4.98 Å². The second kappa shape index (κ2) is 8.49. The number of carbonyl (C=O) groups excluding carboxylic acids is 1. The fourth-order valence-corrected chi connectivity index (χ4v) is 3.95. The number of benzene rings is 3. The van der Waals surface area contributed by atoms with Gasteiger partial charge in [0.05, 0.1) is 22.0 Å². The van der Waals surface area contributed by atoms with E-state index in [0.717, 1.165) is 24.5 Å². The number of hydrazone groups is 1. The summed E-state index contributed by atoms with van der Waals surface area (Å²) in [7, 11) is 0. The highest BCUT2D eigenvalue weighted by Gasteiger charge is 2.11. The smallest absolute Gasteiger partial charge is 0.344 e. The van der Waals surface area contributed by atoms with Gasteiger partial charge in [-0.3, -0.25) is 5.43 Å².